The fourth-order valence-electron chi connectivity index (χ4n) is 0.777. The molecule has 0 radical (unpaired) electrons. The number of Topliss-reactive ketones (excluding diaryl/α,β-unsaturated/α-hetero) is 1. The van der Waals surface area contributed by atoms with Gasteiger partial charge < -0.3 is 9.47 Å². The first-order valence-corrected chi connectivity index (χ1v) is 4.83. The molecule has 0 aromatic heterocycles. The van der Waals surface area contributed by atoms with Gasteiger partial charge in [-0.2, -0.15) is 0 Å². The van der Waals surface area contributed by atoms with Gasteiger partial charge in [-0.15, -0.1) is 0 Å². The van der Waals surface area contributed by atoms with E-state index in [1.165, 1.54) is 6.92 Å². The summed E-state index contributed by atoms with van der Waals surface area (Å²) in [6, 6.07) is 0. The molecule has 0 aromatic carbocycles. The molecular formula is C10H18O4Zr. The van der Waals surface area contributed by atoms with E-state index in [1.54, 1.807) is 0 Å². The Morgan fingerprint density at radius 3 is 2.33 bits per heavy atom. The van der Waals surface area contributed by atoms with E-state index in [-0.39, 0.29) is 51.1 Å². The van der Waals surface area contributed by atoms with Crippen LogP contribution in [0.3, 0.4) is 0 Å². The van der Waals surface area contributed by atoms with Crippen molar-refractivity contribution in [1.29, 1.82) is 0 Å². The van der Waals surface area contributed by atoms with Crippen molar-refractivity contribution in [2.24, 2.45) is 0 Å². The van der Waals surface area contributed by atoms with Gasteiger partial charge in [-0.1, -0.05) is 6.92 Å². The van der Waals surface area contributed by atoms with E-state index < -0.39 is 5.97 Å². The molecule has 86 valence electrons. The Hall–Kier alpha value is -0.0169. The second-order valence-electron chi connectivity index (χ2n) is 3.19. The number of rotatable bonds is 7. The first-order chi connectivity index (χ1) is 6.56. The summed E-state index contributed by atoms with van der Waals surface area (Å²) in [7, 11) is 0. The zero-order chi connectivity index (χ0) is 11.0. The van der Waals surface area contributed by atoms with Crippen LogP contribution in [0.15, 0.2) is 0 Å². The van der Waals surface area contributed by atoms with Crippen molar-refractivity contribution in [3.05, 3.63) is 0 Å². The van der Waals surface area contributed by atoms with Crippen molar-refractivity contribution in [1.82, 2.24) is 0 Å². The zero-order valence-corrected chi connectivity index (χ0v) is 12.0. The second-order valence-corrected chi connectivity index (χ2v) is 3.19. The van der Waals surface area contributed by atoms with Gasteiger partial charge in [0.1, 0.15) is 18.8 Å². The number of ether oxygens (including phenoxy) is 2. The smallest absolute Gasteiger partial charge is 0.313 e. The number of hydrogen-bond donors (Lipinski definition) is 0. The molecule has 0 amide bonds. The number of esters is 1. The van der Waals surface area contributed by atoms with Crippen molar-refractivity contribution in [2.45, 2.75) is 39.7 Å². The normalized spacial score (nSPS) is 11.4. The molecule has 0 aromatic rings. The van der Waals surface area contributed by atoms with Crippen LogP contribution in [-0.4, -0.2) is 31.1 Å². The van der Waals surface area contributed by atoms with Gasteiger partial charge in [0, 0.05) is 26.2 Å². The molecule has 0 bridgehead atoms. The van der Waals surface area contributed by atoms with Crippen molar-refractivity contribution in [3.8, 4) is 0 Å². The van der Waals surface area contributed by atoms with Crippen LogP contribution in [0.25, 0.3) is 0 Å². The number of hydrogen-bond acceptors (Lipinski definition) is 4. The van der Waals surface area contributed by atoms with Crippen LogP contribution in [0.5, 0.6) is 0 Å². The van der Waals surface area contributed by atoms with E-state index in [4.69, 9.17) is 9.47 Å². The van der Waals surface area contributed by atoms with Gasteiger partial charge in [0.15, 0.2) is 0 Å². The van der Waals surface area contributed by atoms with Gasteiger partial charge >= 0.3 is 5.97 Å². The van der Waals surface area contributed by atoms with Gasteiger partial charge in [0.25, 0.3) is 0 Å². The van der Waals surface area contributed by atoms with Gasteiger partial charge in [-0.25, -0.2) is 0 Å². The fourth-order valence-corrected chi connectivity index (χ4v) is 0.777. The molecule has 0 saturated heterocycles. The first-order valence-electron chi connectivity index (χ1n) is 4.83. The average Bonchev–Trinajstić information content (AvgIpc) is 2.10. The number of ketones is 1. The molecule has 0 aliphatic heterocycles. The van der Waals surface area contributed by atoms with Gasteiger partial charge in [0.05, 0.1) is 12.7 Å². The first kappa shape index (κ1) is 17.4. The molecule has 0 saturated carbocycles. The van der Waals surface area contributed by atoms with E-state index >= 15 is 0 Å². The van der Waals surface area contributed by atoms with E-state index in [2.05, 4.69) is 0 Å². The minimum absolute atomic E-state index is 0. The number of carbonyl (C=O) groups is 2. The predicted molar refractivity (Wildman–Crippen MR) is 52.0 cm³/mol. The molecule has 0 heterocycles. The average molecular weight is 293 g/mol. The standard InChI is InChI=1S/C10H18O4.Zr/c1-4-9(3)13-5-6-14-10(12)7-8(2)11;/h9H,4-7H2,1-3H3;. The van der Waals surface area contributed by atoms with Crippen LogP contribution < -0.4 is 0 Å². The largest absolute Gasteiger partial charge is 0.463 e. The summed E-state index contributed by atoms with van der Waals surface area (Å²) in [5, 5.41) is 0. The van der Waals surface area contributed by atoms with Crippen molar-refractivity contribution < 1.29 is 45.3 Å². The van der Waals surface area contributed by atoms with Crippen LogP contribution >= 0.6 is 0 Å². The minimum atomic E-state index is -0.481. The molecule has 5 heteroatoms. The molecule has 1 atom stereocenters. The molecule has 0 aliphatic carbocycles. The van der Waals surface area contributed by atoms with E-state index in [0.29, 0.717) is 6.61 Å². The Morgan fingerprint density at radius 1 is 1.27 bits per heavy atom. The van der Waals surface area contributed by atoms with Gasteiger partial charge in [0.2, 0.25) is 0 Å². The maximum Gasteiger partial charge on any atom is 0.313 e. The fraction of sp³-hybridized carbons (Fsp3) is 0.800. The van der Waals surface area contributed by atoms with E-state index in [0.717, 1.165) is 6.42 Å². The van der Waals surface area contributed by atoms with Gasteiger partial charge in [-0.3, -0.25) is 9.59 Å². The van der Waals surface area contributed by atoms with Crippen LogP contribution in [0.4, 0.5) is 0 Å². The third kappa shape index (κ3) is 11.9. The van der Waals surface area contributed by atoms with Crippen LogP contribution in [0.1, 0.15) is 33.6 Å². The molecule has 15 heavy (non-hydrogen) atoms. The quantitative estimate of drug-likeness (QED) is 0.403. The van der Waals surface area contributed by atoms with Crippen LogP contribution in [0.2, 0.25) is 0 Å². The molecule has 0 rings (SSSR count). The summed E-state index contributed by atoms with van der Waals surface area (Å²) in [5.41, 5.74) is 0. The predicted octanol–water partition coefficient (Wildman–Crippen LogP) is 1.32. The molecule has 1 unspecified atom stereocenters. The van der Waals surface area contributed by atoms with Gasteiger partial charge in [-0.05, 0) is 20.3 Å². The van der Waals surface area contributed by atoms with Crippen LogP contribution in [0, 0.1) is 0 Å². The molecule has 0 aliphatic rings. The van der Waals surface area contributed by atoms with E-state index in [1.807, 2.05) is 13.8 Å². The number of carbonyl (C=O) groups excluding carboxylic acids is 2. The Kier molecular flexibility index (Phi) is 12.2. The Morgan fingerprint density at radius 2 is 1.87 bits per heavy atom. The molecule has 0 fully saturated rings. The molecular weight excluding hydrogens is 275 g/mol. The summed E-state index contributed by atoms with van der Waals surface area (Å²) in [5.74, 6) is -0.664. The summed E-state index contributed by atoms with van der Waals surface area (Å²) in [4.78, 5) is 21.4. The summed E-state index contributed by atoms with van der Waals surface area (Å²) < 4.78 is 10.0. The minimum Gasteiger partial charge on any atom is -0.463 e. The monoisotopic (exact) mass is 292 g/mol. The molecule has 4 nitrogen and oxygen atoms in total. The second kappa shape index (κ2) is 10.5. The van der Waals surface area contributed by atoms with E-state index in [9.17, 15) is 9.59 Å². The summed E-state index contributed by atoms with van der Waals surface area (Å²) in [6.07, 6.45) is 0.964. The topological polar surface area (TPSA) is 52.6 Å². The van der Waals surface area contributed by atoms with Crippen LogP contribution in [-0.2, 0) is 45.3 Å². The Bertz CT molecular complexity index is 194. The summed E-state index contributed by atoms with van der Waals surface area (Å²) >= 11 is 0. The Labute approximate surface area is 110 Å². The van der Waals surface area contributed by atoms with Crippen molar-refractivity contribution >= 4 is 11.8 Å². The van der Waals surface area contributed by atoms with Crippen molar-refractivity contribution in [3.63, 3.8) is 0 Å². The third-order valence-corrected chi connectivity index (χ3v) is 1.72. The van der Waals surface area contributed by atoms with Crippen molar-refractivity contribution in [2.75, 3.05) is 13.2 Å². The SMILES string of the molecule is CCC(C)OCCOC(=O)CC(C)=O.[Zr]. The third-order valence-electron chi connectivity index (χ3n) is 1.72. The maximum atomic E-state index is 10.9. The molecule has 0 N–H and O–H groups in total. The zero-order valence-electron chi connectivity index (χ0n) is 9.54. The Balaban J connectivity index is 0. The maximum absolute atomic E-state index is 10.9. The molecule has 0 spiro atoms. The summed E-state index contributed by atoms with van der Waals surface area (Å²) in [6.45, 7) is 5.94.